The standard InChI is InChI=1S/C16H28O3/c1-11(17)19-10-12-13(18)6-7-14-15(2,3)8-5-9-16(12,14)4/h12-14,18H,5-10H2,1-4H3/t12-,13+,14-,16+/m0/s1. The summed E-state index contributed by atoms with van der Waals surface area (Å²) in [6.07, 6.45) is 5.24. The SMILES string of the molecule is CC(=O)OC[C@H]1[C@H](O)CC[C@H]2C(C)(C)CCC[C@]12C. The average Bonchev–Trinajstić information content (AvgIpc) is 2.26. The summed E-state index contributed by atoms with van der Waals surface area (Å²) in [6, 6.07) is 0. The first kappa shape index (κ1) is 14.8. The highest BCUT2D eigenvalue weighted by atomic mass is 16.5. The predicted octanol–water partition coefficient (Wildman–Crippen LogP) is 3.15. The van der Waals surface area contributed by atoms with Crippen LogP contribution in [0.5, 0.6) is 0 Å². The molecular formula is C16H28O3. The van der Waals surface area contributed by atoms with Crippen LogP contribution in [-0.4, -0.2) is 23.8 Å². The molecular weight excluding hydrogens is 240 g/mol. The van der Waals surface area contributed by atoms with Crippen molar-refractivity contribution in [2.45, 2.75) is 65.9 Å². The number of aliphatic hydroxyl groups excluding tert-OH is 1. The lowest BCUT2D eigenvalue weighted by Gasteiger charge is -2.58. The summed E-state index contributed by atoms with van der Waals surface area (Å²) in [5.74, 6) is 0.473. The van der Waals surface area contributed by atoms with Gasteiger partial charge < -0.3 is 9.84 Å². The molecule has 19 heavy (non-hydrogen) atoms. The topological polar surface area (TPSA) is 46.5 Å². The summed E-state index contributed by atoms with van der Waals surface area (Å²) in [5.41, 5.74) is 0.441. The van der Waals surface area contributed by atoms with Crippen LogP contribution in [0.25, 0.3) is 0 Å². The number of hydrogen-bond donors (Lipinski definition) is 1. The zero-order valence-electron chi connectivity index (χ0n) is 12.7. The molecule has 2 aliphatic carbocycles. The van der Waals surface area contributed by atoms with Crippen LogP contribution >= 0.6 is 0 Å². The van der Waals surface area contributed by atoms with Crippen molar-refractivity contribution < 1.29 is 14.6 Å². The van der Waals surface area contributed by atoms with E-state index >= 15 is 0 Å². The Labute approximate surface area is 116 Å². The zero-order valence-corrected chi connectivity index (χ0v) is 12.7. The largest absolute Gasteiger partial charge is 0.465 e. The maximum atomic E-state index is 11.1. The van der Waals surface area contributed by atoms with Crippen LogP contribution in [0.4, 0.5) is 0 Å². The third-order valence-corrected chi connectivity index (χ3v) is 5.80. The molecule has 0 heterocycles. The van der Waals surface area contributed by atoms with E-state index in [9.17, 15) is 9.90 Å². The van der Waals surface area contributed by atoms with E-state index in [-0.39, 0.29) is 23.4 Å². The van der Waals surface area contributed by atoms with Gasteiger partial charge in [-0.25, -0.2) is 0 Å². The van der Waals surface area contributed by atoms with Crippen LogP contribution in [-0.2, 0) is 9.53 Å². The normalized spacial score (nSPS) is 41.4. The molecule has 0 aliphatic heterocycles. The highest BCUT2D eigenvalue weighted by Gasteiger charge is 2.54. The van der Waals surface area contributed by atoms with E-state index in [1.165, 1.54) is 19.8 Å². The molecule has 2 aliphatic rings. The molecule has 3 heteroatoms. The Balaban J connectivity index is 2.22. The third-order valence-electron chi connectivity index (χ3n) is 5.80. The smallest absolute Gasteiger partial charge is 0.302 e. The quantitative estimate of drug-likeness (QED) is 0.783. The van der Waals surface area contributed by atoms with Gasteiger partial charge in [-0.05, 0) is 42.4 Å². The summed E-state index contributed by atoms with van der Waals surface area (Å²) in [6.45, 7) is 8.83. The second kappa shape index (κ2) is 5.08. The van der Waals surface area contributed by atoms with Crippen molar-refractivity contribution in [3.8, 4) is 0 Å². The minimum absolute atomic E-state index is 0.0923. The molecule has 110 valence electrons. The van der Waals surface area contributed by atoms with E-state index in [2.05, 4.69) is 20.8 Å². The van der Waals surface area contributed by atoms with Gasteiger partial charge in [0.15, 0.2) is 0 Å². The maximum absolute atomic E-state index is 11.1. The van der Waals surface area contributed by atoms with Gasteiger partial charge in [0.25, 0.3) is 0 Å². The number of aliphatic hydroxyl groups is 1. The van der Waals surface area contributed by atoms with Crippen molar-refractivity contribution in [1.82, 2.24) is 0 Å². The summed E-state index contributed by atoms with van der Waals surface area (Å²) in [4.78, 5) is 11.1. The highest BCUT2D eigenvalue weighted by Crippen LogP contribution is 2.59. The molecule has 0 aromatic carbocycles. The first-order valence-electron chi connectivity index (χ1n) is 7.59. The van der Waals surface area contributed by atoms with Crippen LogP contribution < -0.4 is 0 Å². The first-order chi connectivity index (χ1) is 8.77. The van der Waals surface area contributed by atoms with E-state index in [0.717, 1.165) is 19.3 Å². The zero-order chi connectivity index (χ0) is 14.3. The molecule has 3 nitrogen and oxygen atoms in total. The van der Waals surface area contributed by atoms with E-state index in [0.29, 0.717) is 17.9 Å². The van der Waals surface area contributed by atoms with Gasteiger partial charge >= 0.3 is 5.97 Å². The minimum atomic E-state index is -0.325. The number of hydrogen-bond acceptors (Lipinski definition) is 3. The van der Waals surface area contributed by atoms with Gasteiger partial charge in [0.05, 0.1) is 12.7 Å². The monoisotopic (exact) mass is 268 g/mol. The van der Waals surface area contributed by atoms with Crippen molar-refractivity contribution in [2.75, 3.05) is 6.61 Å². The minimum Gasteiger partial charge on any atom is -0.465 e. The Morgan fingerprint density at radius 3 is 2.58 bits per heavy atom. The fraction of sp³-hybridized carbons (Fsp3) is 0.938. The van der Waals surface area contributed by atoms with Gasteiger partial charge in [0, 0.05) is 12.8 Å². The van der Waals surface area contributed by atoms with Gasteiger partial charge in [-0.3, -0.25) is 4.79 Å². The molecule has 0 unspecified atom stereocenters. The molecule has 2 rings (SSSR count). The van der Waals surface area contributed by atoms with Crippen LogP contribution in [0.1, 0.15) is 59.8 Å². The number of fused-ring (bicyclic) bond motifs is 1. The number of carbonyl (C=O) groups excluding carboxylic acids is 1. The number of ether oxygens (including phenoxy) is 1. The Kier molecular flexibility index (Phi) is 3.97. The fourth-order valence-electron chi connectivity index (χ4n) is 4.82. The molecule has 0 saturated heterocycles. The second-order valence-corrected chi connectivity index (χ2v) is 7.45. The molecule has 4 atom stereocenters. The molecule has 0 amide bonds. The lowest BCUT2D eigenvalue weighted by molar-refractivity contribution is -0.161. The number of rotatable bonds is 2. The van der Waals surface area contributed by atoms with E-state index in [4.69, 9.17) is 4.74 Å². The molecule has 2 saturated carbocycles. The first-order valence-corrected chi connectivity index (χ1v) is 7.59. The van der Waals surface area contributed by atoms with Crippen molar-refractivity contribution >= 4 is 5.97 Å². The number of carbonyl (C=O) groups is 1. The third kappa shape index (κ3) is 2.67. The van der Waals surface area contributed by atoms with Gasteiger partial charge in [0.1, 0.15) is 0 Å². The van der Waals surface area contributed by atoms with Gasteiger partial charge in [-0.2, -0.15) is 0 Å². The van der Waals surface area contributed by atoms with Crippen molar-refractivity contribution in [3.05, 3.63) is 0 Å². The second-order valence-electron chi connectivity index (χ2n) is 7.45. The lowest BCUT2D eigenvalue weighted by atomic mass is 9.48. The van der Waals surface area contributed by atoms with E-state index in [1.54, 1.807) is 0 Å². The molecule has 0 aromatic heterocycles. The average molecular weight is 268 g/mol. The Bertz CT molecular complexity index is 350. The molecule has 0 spiro atoms. The van der Waals surface area contributed by atoms with E-state index in [1.807, 2.05) is 0 Å². The summed E-state index contributed by atoms with van der Waals surface area (Å²) >= 11 is 0. The van der Waals surface area contributed by atoms with Gasteiger partial charge in [0.2, 0.25) is 0 Å². The van der Waals surface area contributed by atoms with E-state index < -0.39 is 0 Å². The van der Waals surface area contributed by atoms with Crippen LogP contribution in [0, 0.1) is 22.7 Å². The summed E-state index contributed by atoms with van der Waals surface area (Å²) < 4.78 is 5.24. The Morgan fingerprint density at radius 2 is 1.95 bits per heavy atom. The molecule has 0 bridgehead atoms. The Morgan fingerprint density at radius 1 is 1.26 bits per heavy atom. The van der Waals surface area contributed by atoms with Crippen LogP contribution in [0.3, 0.4) is 0 Å². The summed E-state index contributed by atoms with van der Waals surface area (Å²) in [5, 5.41) is 10.4. The highest BCUT2D eigenvalue weighted by molar-refractivity contribution is 5.65. The maximum Gasteiger partial charge on any atom is 0.302 e. The Hall–Kier alpha value is -0.570. The molecule has 0 aromatic rings. The molecule has 1 N–H and O–H groups in total. The van der Waals surface area contributed by atoms with Gasteiger partial charge in [-0.15, -0.1) is 0 Å². The number of esters is 1. The molecule has 2 fully saturated rings. The van der Waals surface area contributed by atoms with Crippen LogP contribution in [0.2, 0.25) is 0 Å². The summed E-state index contributed by atoms with van der Waals surface area (Å²) in [7, 11) is 0. The van der Waals surface area contributed by atoms with Crippen molar-refractivity contribution in [1.29, 1.82) is 0 Å². The van der Waals surface area contributed by atoms with Crippen LogP contribution in [0.15, 0.2) is 0 Å². The predicted molar refractivity (Wildman–Crippen MR) is 74.6 cm³/mol. The van der Waals surface area contributed by atoms with Gasteiger partial charge in [-0.1, -0.05) is 27.2 Å². The van der Waals surface area contributed by atoms with Crippen molar-refractivity contribution in [3.63, 3.8) is 0 Å². The molecule has 0 radical (unpaired) electrons. The fourth-order valence-corrected chi connectivity index (χ4v) is 4.82. The lowest BCUT2D eigenvalue weighted by Crippen LogP contribution is -2.54. The van der Waals surface area contributed by atoms with Crippen molar-refractivity contribution in [2.24, 2.45) is 22.7 Å².